The molecule has 0 saturated carbocycles. The SMILES string of the molecule is CC(C)(CN1CCC(C(N)=S)CC1)C(=O)O. The van der Waals surface area contributed by atoms with Crippen LogP contribution < -0.4 is 5.73 Å². The van der Waals surface area contributed by atoms with Gasteiger partial charge in [0.15, 0.2) is 0 Å². The van der Waals surface area contributed by atoms with Crippen molar-refractivity contribution in [2.45, 2.75) is 26.7 Å². The Kier molecular flexibility index (Phi) is 4.27. The molecule has 0 aromatic carbocycles. The predicted octanol–water partition coefficient (Wildman–Crippen LogP) is 1.10. The first-order chi connectivity index (χ1) is 7.33. The highest BCUT2D eigenvalue weighted by molar-refractivity contribution is 7.80. The number of nitrogens with two attached hydrogens (primary N) is 1. The van der Waals surface area contributed by atoms with Crippen LogP contribution in [0.3, 0.4) is 0 Å². The molecular formula is C11H20N2O2S. The van der Waals surface area contributed by atoms with Crippen molar-refractivity contribution in [3.8, 4) is 0 Å². The number of hydrogen-bond acceptors (Lipinski definition) is 3. The third kappa shape index (κ3) is 3.42. The van der Waals surface area contributed by atoms with Crippen molar-refractivity contribution < 1.29 is 9.90 Å². The maximum Gasteiger partial charge on any atom is 0.310 e. The summed E-state index contributed by atoms with van der Waals surface area (Å²) in [5.41, 5.74) is 4.92. The molecule has 1 rings (SSSR count). The van der Waals surface area contributed by atoms with Gasteiger partial charge in [0.05, 0.1) is 10.4 Å². The molecule has 92 valence electrons. The Morgan fingerprint density at radius 3 is 2.38 bits per heavy atom. The number of hydrogen-bond donors (Lipinski definition) is 2. The molecule has 1 saturated heterocycles. The van der Waals surface area contributed by atoms with Gasteiger partial charge in [-0.15, -0.1) is 0 Å². The Morgan fingerprint density at radius 2 is 2.00 bits per heavy atom. The number of thiocarbonyl (C=S) groups is 1. The Balaban J connectivity index is 2.43. The fraction of sp³-hybridized carbons (Fsp3) is 0.818. The van der Waals surface area contributed by atoms with Gasteiger partial charge >= 0.3 is 5.97 Å². The molecule has 16 heavy (non-hydrogen) atoms. The van der Waals surface area contributed by atoms with E-state index in [0.717, 1.165) is 25.9 Å². The minimum atomic E-state index is -0.746. The smallest absolute Gasteiger partial charge is 0.310 e. The van der Waals surface area contributed by atoms with Gasteiger partial charge in [-0.05, 0) is 39.8 Å². The zero-order valence-electron chi connectivity index (χ0n) is 9.90. The van der Waals surface area contributed by atoms with E-state index in [1.165, 1.54) is 0 Å². The number of aliphatic carboxylic acids is 1. The van der Waals surface area contributed by atoms with E-state index in [-0.39, 0.29) is 0 Å². The van der Waals surface area contributed by atoms with Crippen molar-refractivity contribution in [3.05, 3.63) is 0 Å². The Labute approximate surface area is 102 Å². The molecule has 1 aliphatic heterocycles. The highest BCUT2D eigenvalue weighted by Gasteiger charge is 2.31. The van der Waals surface area contributed by atoms with E-state index in [0.29, 0.717) is 17.5 Å². The maximum absolute atomic E-state index is 11.0. The Hall–Kier alpha value is -0.680. The third-order valence-corrected chi connectivity index (χ3v) is 3.52. The van der Waals surface area contributed by atoms with Gasteiger partial charge in [-0.1, -0.05) is 12.2 Å². The second-order valence-corrected chi connectivity index (χ2v) is 5.61. The van der Waals surface area contributed by atoms with Crippen molar-refractivity contribution in [2.24, 2.45) is 17.1 Å². The molecule has 1 aliphatic rings. The number of carboxylic acid groups (broad SMARTS) is 1. The number of piperidine rings is 1. The molecule has 4 nitrogen and oxygen atoms in total. The summed E-state index contributed by atoms with van der Waals surface area (Å²) in [5.74, 6) is -0.414. The van der Waals surface area contributed by atoms with E-state index in [9.17, 15) is 4.79 Å². The minimum Gasteiger partial charge on any atom is -0.481 e. The summed E-state index contributed by atoms with van der Waals surface area (Å²) in [6.07, 6.45) is 1.90. The number of rotatable bonds is 4. The normalized spacial score (nSPS) is 19.6. The molecule has 1 fully saturated rings. The van der Waals surface area contributed by atoms with Crippen LogP contribution >= 0.6 is 12.2 Å². The zero-order valence-corrected chi connectivity index (χ0v) is 10.7. The standard InChI is InChI=1S/C11H20N2O2S/c1-11(2,10(14)15)7-13-5-3-8(4-6-13)9(12)16/h8H,3-7H2,1-2H3,(H2,12,16)(H,14,15). The first kappa shape index (κ1) is 13.4. The summed E-state index contributed by atoms with van der Waals surface area (Å²) in [4.78, 5) is 13.8. The maximum atomic E-state index is 11.0. The van der Waals surface area contributed by atoms with Crippen molar-refractivity contribution >= 4 is 23.2 Å². The molecule has 0 aromatic heterocycles. The van der Waals surface area contributed by atoms with Crippen molar-refractivity contribution in [2.75, 3.05) is 19.6 Å². The first-order valence-electron chi connectivity index (χ1n) is 5.58. The van der Waals surface area contributed by atoms with Gasteiger partial charge in [-0.3, -0.25) is 4.79 Å². The largest absolute Gasteiger partial charge is 0.481 e. The topological polar surface area (TPSA) is 66.6 Å². The van der Waals surface area contributed by atoms with Crippen molar-refractivity contribution in [1.29, 1.82) is 0 Å². The van der Waals surface area contributed by atoms with E-state index in [4.69, 9.17) is 23.1 Å². The van der Waals surface area contributed by atoms with Crippen LogP contribution in [0.5, 0.6) is 0 Å². The van der Waals surface area contributed by atoms with Crippen LogP contribution in [0.15, 0.2) is 0 Å². The van der Waals surface area contributed by atoms with Crippen LogP contribution in [0.1, 0.15) is 26.7 Å². The van der Waals surface area contributed by atoms with Crippen LogP contribution in [0, 0.1) is 11.3 Å². The van der Waals surface area contributed by atoms with Gasteiger partial charge in [0, 0.05) is 12.5 Å². The van der Waals surface area contributed by atoms with Gasteiger partial charge in [0.2, 0.25) is 0 Å². The number of nitrogens with zero attached hydrogens (tertiary/aromatic N) is 1. The lowest BCUT2D eigenvalue weighted by Crippen LogP contribution is -2.44. The lowest BCUT2D eigenvalue weighted by molar-refractivity contribution is -0.148. The van der Waals surface area contributed by atoms with Crippen molar-refractivity contribution in [3.63, 3.8) is 0 Å². The lowest BCUT2D eigenvalue weighted by atomic mass is 9.90. The number of likely N-dealkylation sites (tertiary alicyclic amines) is 1. The van der Waals surface area contributed by atoms with Crippen LogP contribution in [-0.2, 0) is 4.79 Å². The molecule has 5 heteroatoms. The highest BCUT2D eigenvalue weighted by Crippen LogP contribution is 2.23. The molecule has 0 bridgehead atoms. The van der Waals surface area contributed by atoms with Crippen LogP contribution in [-0.4, -0.2) is 40.6 Å². The van der Waals surface area contributed by atoms with Gasteiger partial charge in [0.25, 0.3) is 0 Å². The molecule has 0 atom stereocenters. The summed E-state index contributed by atoms with van der Waals surface area (Å²) < 4.78 is 0. The molecule has 0 aromatic rings. The number of carbonyl (C=O) groups is 1. The predicted molar refractivity (Wildman–Crippen MR) is 67.4 cm³/mol. The highest BCUT2D eigenvalue weighted by atomic mass is 32.1. The van der Waals surface area contributed by atoms with Crippen LogP contribution in [0.2, 0.25) is 0 Å². The number of carboxylic acids is 1. The fourth-order valence-electron chi connectivity index (χ4n) is 2.00. The summed E-state index contributed by atoms with van der Waals surface area (Å²) in [5, 5.41) is 9.04. The fourth-order valence-corrected chi connectivity index (χ4v) is 2.24. The molecule has 0 aliphatic carbocycles. The van der Waals surface area contributed by atoms with Crippen LogP contribution in [0.25, 0.3) is 0 Å². The zero-order chi connectivity index (χ0) is 12.3. The van der Waals surface area contributed by atoms with Crippen molar-refractivity contribution in [1.82, 2.24) is 4.90 Å². The summed E-state index contributed by atoms with van der Waals surface area (Å²) >= 11 is 4.97. The molecule has 0 spiro atoms. The van der Waals surface area contributed by atoms with Gasteiger partial charge < -0.3 is 15.7 Å². The molecule has 0 amide bonds. The van der Waals surface area contributed by atoms with E-state index in [1.54, 1.807) is 13.8 Å². The van der Waals surface area contributed by atoms with E-state index < -0.39 is 11.4 Å². The monoisotopic (exact) mass is 244 g/mol. The molecular weight excluding hydrogens is 224 g/mol. The summed E-state index contributed by atoms with van der Waals surface area (Å²) in [6, 6.07) is 0. The first-order valence-corrected chi connectivity index (χ1v) is 5.99. The Bertz CT molecular complexity index is 284. The Morgan fingerprint density at radius 1 is 1.50 bits per heavy atom. The van der Waals surface area contributed by atoms with Crippen LogP contribution in [0.4, 0.5) is 0 Å². The third-order valence-electron chi connectivity index (χ3n) is 3.19. The molecule has 1 heterocycles. The molecule has 0 radical (unpaired) electrons. The second-order valence-electron chi connectivity index (χ2n) is 5.14. The van der Waals surface area contributed by atoms with Gasteiger partial charge in [0.1, 0.15) is 0 Å². The molecule has 3 N–H and O–H groups in total. The second kappa shape index (κ2) is 5.10. The quantitative estimate of drug-likeness (QED) is 0.725. The summed E-state index contributed by atoms with van der Waals surface area (Å²) in [7, 11) is 0. The summed E-state index contributed by atoms with van der Waals surface area (Å²) in [6.45, 7) is 5.88. The lowest BCUT2D eigenvalue weighted by Gasteiger charge is -2.35. The molecule has 0 unspecified atom stereocenters. The van der Waals surface area contributed by atoms with E-state index in [2.05, 4.69) is 4.90 Å². The van der Waals surface area contributed by atoms with E-state index >= 15 is 0 Å². The van der Waals surface area contributed by atoms with E-state index in [1.807, 2.05) is 0 Å². The van der Waals surface area contributed by atoms with Gasteiger partial charge in [-0.25, -0.2) is 0 Å². The van der Waals surface area contributed by atoms with Gasteiger partial charge in [-0.2, -0.15) is 0 Å². The average Bonchev–Trinajstić information content (AvgIpc) is 2.17. The minimum absolute atomic E-state index is 0.333. The average molecular weight is 244 g/mol.